The van der Waals surface area contributed by atoms with Crippen molar-refractivity contribution in [3.63, 3.8) is 0 Å². The zero-order valence-electron chi connectivity index (χ0n) is 7.21. The van der Waals surface area contributed by atoms with Crippen LogP contribution in [0.4, 0.5) is 0 Å². The van der Waals surface area contributed by atoms with E-state index in [2.05, 4.69) is 11.4 Å². The summed E-state index contributed by atoms with van der Waals surface area (Å²) >= 11 is 0. The van der Waals surface area contributed by atoms with E-state index < -0.39 is 0 Å². The van der Waals surface area contributed by atoms with Gasteiger partial charge in [0.1, 0.15) is 0 Å². The second-order valence-electron chi connectivity index (χ2n) is 3.08. The molecule has 0 bridgehead atoms. The smallest absolute Gasteiger partial charge is 0.217 e. The SMILES string of the molecule is CC(=O)N[C@@H]1CCN(CC#N)C1. The number of hydrogen-bond donors (Lipinski definition) is 1. The third kappa shape index (κ3) is 2.51. The van der Waals surface area contributed by atoms with Crippen LogP contribution in [0.25, 0.3) is 0 Å². The maximum atomic E-state index is 10.7. The van der Waals surface area contributed by atoms with Gasteiger partial charge in [-0.1, -0.05) is 0 Å². The van der Waals surface area contributed by atoms with Crippen LogP contribution < -0.4 is 5.32 Å². The minimum Gasteiger partial charge on any atom is -0.352 e. The number of amides is 1. The fourth-order valence-electron chi connectivity index (χ4n) is 1.48. The Morgan fingerprint density at radius 1 is 1.83 bits per heavy atom. The van der Waals surface area contributed by atoms with Crippen LogP contribution in [0.5, 0.6) is 0 Å². The number of carbonyl (C=O) groups is 1. The molecular weight excluding hydrogens is 154 g/mol. The quantitative estimate of drug-likeness (QED) is 0.575. The third-order valence-electron chi connectivity index (χ3n) is 1.97. The van der Waals surface area contributed by atoms with Gasteiger partial charge in [-0.2, -0.15) is 5.26 Å². The lowest BCUT2D eigenvalue weighted by Gasteiger charge is -2.11. The van der Waals surface area contributed by atoms with E-state index in [0.29, 0.717) is 6.54 Å². The van der Waals surface area contributed by atoms with Crippen molar-refractivity contribution in [3.8, 4) is 6.07 Å². The predicted molar refractivity (Wildman–Crippen MR) is 44.3 cm³/mol. The van der Waals surface area contributed by atoms with Gasteiger partial charge in [0.2, 0.25) is 5.91 Å². The highest BCUT2D eigenvalue weighted by Gasteiger charge is 2.21. The van der Waals surface area contributed by atoms with Gasteiger partial charge in [0.15, 0.2) is 0 Å². The van der Waals surface area contributed by atoms with Crippen molar-refractivity contribution >= 4 is 5.91 Å². The molecule has 4 nitrogen and oxygen atoms in total. The second kappa shape index (κ2) is 4.07. The third-order valence-corrected chi connectivity index (χ3v) is 1.97. The first-order valence-corrected chi connectivity index (χ1v) is 4.09. The van der Waals surface area contributed by atoms with Crippen LogP contribution in [-0.4, -0.2) is 36.5 Å². The second-order valence-corrected chi connectivity index (χ2v) is 3.08. The summed E-state index contributed by atoms with van der Waals surface area (Å²) in [4.78, 5) is 12.7. The highest BCUT2D eigenvalue weighted by atomic mass is 16.1. The van der Waals surface area contributed by atoms with Crippen LogP contribution in [0.15, 0.2) is 0 Å². The van der Waals surface area contributed by atoms with Crippen molar-refractivity contribution in [1.29, 1.82) is 5.26 Å². The molecule has 66 valence electrons. The monoisotopic (exact) mass is 167 g/mol. The van der Waals surface area contributed by atoms with Gasteiger partial charge in [-0.15, -0.1) is 0 Å². The minimum atomic E-state index is 0.0128. The van der Waals surface area contributed by atoms with Gasteiger partial charge in [0, 0.05) is 26.1 Å². The van der Waals surface area contributed by atoms with Crippen molar-refractivity contribution in [2.45, 2.75) is 19.4 Å². The van der Waals surface area contributed by atoms with E-state index in [0.717, 1.165) is 19.5 Å². The largest absolute Gasteiger partial charge is 0.352 e. The first-order chi connectivity index (χ1) is 5.72. The van der Waals surface area contributed by atoms with Crippen molar-refractivity contribution in [2.75, 3.05) is 19.6 Å². The molecule has 1 fully saturated rings. The molecule has 12 heavy (non-hydrogen) atoms. The lowest BCUT2D eigenvalue weighted by Crippen LogP contribution is -2.35. The maximum absolute atomic E-state index is 10.7. The van der Waals surface area contributed by atoms with Crippen LogP contribution in [0.1, 0.15) is 13.3 Å². The Hall–Kier alpha value is -1.08. The molecule has 0 aliphatic carbocycles. The Bertz CT molecular complexity index is 209. The molecule has 4 heteroatoms. The molecule has 1 amide bonds. The fourth-order valence-corrected chi connectivity index (χ4v) is 1.48. The van der Waals surface area contributed by atoms with Crippen molar-refractivity contribution in [3.05, 3.63) is 0 Å². The van der Waals surface area contributed by atoms with Crippen LogP contribution in [-0.2, 0) is 4.79 Å². The molecular formula is C8H13N3O. The van der Waals surface area contributed by atoms with Gasteiger partial charge >= 0.3 is 0 Å². The molecule has 1 heterocycles. The lowest BCUT2D eigenvalue weighted by molar-refractivity contribution is -0.119. The number of nitrogens with one attached hydrogen (secondary N) is 1. The Labute approximate surface area is 72.2 Å². The van der Waals surface area contributed by atoms with Crippen LogP contribution in [0, 0.1) is 11.3 Å². The Kier molecular flexibility index (Phi) is 3.06. The van der Waals surface area contributed by atoms with E-state index in [1.807, 2.05) is 4.90 Å². The molecule has 0 aromatic heterocycles. The van der Waals surface area contributed by atoms with Gasteiger partial charge in [0.05, 0.1) is 12.6 Å². The average molecular weight is 167 g/mol. The highest BCUT2D eigenvalue weighted by molar-refractivity contribution is 5.73. The number of nitrogens with zero attached hydrogens (tertiary/aromatic N) is 2. The molecule has 0 aromatic rings. The first-order valence-electron chi connectivity index (χ1n) is 4.09. The van der Waals surface area contributed by atoms with Crippen molar-refractivity contribution in [1.82, 2.24) is 10.2 Å². The summed E-state index contributed by atoms with van der Waals surface area (Å²) in [6.45, 7) is 3.72. The van der Waals surface area contributed by atoms with E-state index >= 15 is 0 Å². The molecule has 0 aromatic carbocycles. The predicted octanol–water partition coefficient (Wildman–Crippen LogP) is -0.280. The number of nitriles is 1. The van der Waals surface area contributed by atoms with E-state index in [-0.39, 0.29) is 11.9 Å². The van der Waals surface area contributed by atoms with Crippen LogP contribution in [0.3, 0.4) is 0 Å². The summed E-state index contributed by atoms with van der Waals surface area (Å²) in [6.07, 6.45) is 0.960. The number of rotatable bonds is 2. The lowest BCUT2D eigenvalue weighted by atomic mass is 10.3. The summed E-state index contributed by atoms with van der Waals surface area (Å²) < 4.78 is 0. The van der Waals surface area contributed by atoms with Gasteiger partial charge in [0.25, 0.3) is 0 Å². The first kappa shape index (κ1) is 9.01. The van der Waals surface area contributed by atoms with Gasteiger partial charge in [-0.3, -0.25) is 9.69 Å². The van der Waals surface area contributed by atoms with Crippen molar-refractivity contribution in [2.24, 2.45) is 0 Å². The fraction of sp³-hybridized carbons (Fsp3) is 0.750. The molecule has 0 saturated carbocycles. The average Bonchev–Trinajstić information content (AvgIpc) is 2.36. The topological polar surface area (TPSA) is 56.1 Å². The molecule has 1 rings (SSSR count). The Morgan fingerprint density at radius 3 is 3.17 bits per heavy atom. The van der Waals surface area contributed by atoms with Crippen LogP contribution >= 0.6 is 0 Å². The summed E-state index contributed by atoms with van der Waals surface area (Å²) in [6, 6.07) is 2.34. The minimum absolute atomic E-state index is 0.0128. The summed E-state index contributed by atoms with van der Waals surface area (Å²) in [5, 5.41) is 11.3. The van der Waals surface area contributed by atoms with Crippen molar-refractivity contribution < 1.29 is 4.79 Å². The molecule has 1 saturated heterocycles. The van der Waals surface area contributed by atoms with Gasteiger partial charge < -0.3 is 5.32 Å². The zero-order chi connectivity index (χ0) is 8.97. The summed E-state index contributed by atoms with van der Waals surface area (Å²) in [5.74, 6) is 0.0128. The molecule has 1 N–H and O–H groups in total. The number of likely N-dealkylation sites (tertiary alicyclic amines) is 1. The molecule has 0 radical (unpaired) electrons. The molecule has 0 unspecified atom stereocenters. The molecule has 1 aliphatic heterocycles. The normalized spacial score (nSPS) is 23.5. The molecule has 1 aliphatic rings. The Balaban J connectivity index is 2.26. The van der Waals surface area contributed by atoms with E-state index in [1.54, 1.807) is 0 Å². The standard InChI is InChI=1S/C8H13N3O/c1-7(12)10-8-2-4-11(6-8)5-3-9/h8H,2,4-6H2,1H3,(H,10,12)/t8-/m1/s1. The maximum Gasteiger partial charge on any atom is 0.217 e. The van der Waals surface area contributed by atoms with E-state index in [4.69, 9.17) is 5.26 Å². The van der Waals surface area contributed by atoms with Crippen LogP contribution in [0.2, 0.25) is 0 Å². The summed E-state index contributed by atoms with van der Waals surface area (Å²) in [7, 11) is 0. The molecule has 0 spiro atoms. The van der Waals surface area contributed by atoms with E-state index in [9.17, 15) is 4.79 Å². The van der Waals surface area contributed by atoms with Gasteiger partial charge in [-0.05, 0) is 6.42 Å². The Morgan fingerprint density at radius 2 is 2.58 bits per heavy atom. The number of hydrogen-bond acceptors (Lipinski definition) is 3. The molecule has 1 atom stereocenters. The van der Waals surface area contributed by atoms with Gasteiger partial charge in [-0.25, -0.2) is 0 Å². The highest BCUT2D eigenvalue weighted by Crippen LogP contribution is 2.07. The summed E-state index contributed by atoms with van der Waals surface area (Å²) in [5.41, 5.74) is 0. The number of carbonyl (C=O) groups excluding carboxylic acids is 1. The van der Waals surface area contributed by atoms with E-state index in [1.165, 1.54) is 6.92 Å². The zero-order valence-corrected chi connectivity index (χ0v) is 7.21.